The number of carboxylic acids is 1. The van der Waals surface area contributed by atoms with E-state index in [1.165, 1.54) is 0 Å². The van der Waals surface area contributed by atoms with Crippen LogP contribution in [-0.2, 0) is 4.79 Å². The maximum Gasteiger partial charge on any atom is 0.303 e. The van der Waals surface area contributed by atoms with Crippen LogP contribution in [0.1, 0.15) is 37.0 Å². The third kappa shape index (κ3) is 4.49. The van der Waals surface area contributed by atoms with Crippen molar-refractivity contribution < 1.29 is 14.7 Å². The van der Waals surface area contributed by atoms with Crippen LogP contribution in [0.25, 0.3) is 0 Å². The van der Waals surface area contributed by atoms with Crippen LogP contribution in [0.3, 0.4) is 0 Å². The lowest BCUT2D eigenvalue weighted by molar-refractivity contribution is -0.137. The van der Waals surface area contributed by atoms with Gasteiger partial charge in [0, 0.05) is 16.4 Å². The van der Waals surface area contributed by atoms with Crippen molar-refractivity contribution in [3.8, 4) is 0 Å². The molecule has 5 heteroatoms. The molecule has 0 saturated heterocycles. The average molecular weight is 314 g/mol. The third-order valence-corrected chi connectivity index (χ3v) is 3.23. The fourth-order valence-corrected chi connectivity index (χ4v) is 1.97. The zero-order valence-electron chi connectivity index (χ0n) is 10.4. The Kier molecular flexibility index (Phi) is 4.90. The Balaban J connectivity index is 2.69. The zero-order valence-corrected chi connectivity index (χ0v) is 12.0. The summed E-state index contributed by atoms with van der Waals surface area (Å²) in [6.07, 6.45) is 0.418. The molecule has 1 amide bonds. The van der Waals surface area contributed by atoms with Gasteiger partial charge in [0.2, 0.25) is 0 Å². The maximum atomic E-state index is 12.0. The lowest BCUT2D eigenvalue weighted by atomic mass is 9.98. The Morgan fingerprint density at radius 3 is 2.50 bits per heavy atom. The van der Waals surface area contributed by atoms with Crippen LogP contribution < -0.4 is 5.32 Å². The highest BCUT2D eigenvalue weighted by Gasteiger charge is 2.22. The van der Waals surface area contributed by atoms with Crippen LogP contribution in [0.4, 0.5) is 0 Å². The van der Waals surface area contributed by atoms with Crippen LogP contribution in [-0.4, -0.2) is 22.5 Å². The lowest BCUT2D eigenvalue weighted by Gasteiger charge is -2.25. The van der Waals surface area contributed by atoms with Crippen LogP contribution in [0.2, 0.25) is 0 Å². The summed E-state index contributed by atoms with van der Waals surface area (Å²) in [4.78, 5) is 22.6. The van der Waals surface area contributed by atoms with E-state index in [-0.39, 0.29) is 12.3 Å². The second-order valence-corrected chi connectivity index (χ2v) is 5.57. The molecule has 98 valence electrons. The number of carbonyl (C=O) groups is 2. The monoisotopic (exact) mass is 313 g/mol. The van der Waals surface area contributed by atoms with Crippen LogP contribution in [0.15, 0.2) is 28.7 Å². The van der Waals surface area contributed by atoms with Gasteiger partial charge in [0.05, 0.1) is 5.56 Å². The summed E-state index contributed by atoms with van der Waals surface area (Å²) in [5.41, 5.74) is -0.00834. The minimum Gasteiger partial charge on any atom is -0.481 e. The maximum absolute atomic E-state index is 12.0. The molecule has 0 aliphatic carbocycles. The number of hydrogen-bond acceptors (Lipinski definition) is 2. The molecule has 0 aromatic heterocycles. The summed E-state index contributed by atoms with van der Waals surface area (Å²) < 4.78 is 0.719. The molecule has 18 heavy (non-hydrogen) atoms. The SMILES string of the molecule is CC(C)(CCC(=O)O)NC(=O)c1ccccc1Br. The molecular formula is C13H16BrNO3. The number of hydrogen-bond donors (Lipinski definition) is 2. The Hall–Kier alpha value is -1.36. The molecule has 0 saturated carbocycles. The Labute approximate surface area is 115 Å². The topological polar surface area (TPSA) is 66.4 Å². The molecule has 1 rings (SSSR count). The fraction of sp³-hybridized carbons (Fsp3) is 0.385. The summed E-state index contributed by atoms with van der Waals surface area (Å²) in [5, 5.41) is 11.5. The smallest absolute Gasteiger partial charge is 0.303 e. The standard InChI is InChI=1S/C13H16BrNO3/c1-13(2,8-7-11(16)17)15-12(18)9-5-3-4-6-10(9)14/h3-6H,7-8H2,1-2H3,(H,15,18)(H,16,17). The first-order valence-electron chi connectivity index (χ1n) is 5.61. The van der Waals surface area contributed by atoms with E-state index in [0.29, 0.717) is 12.0 Å². The van der Waals surface area contributed by atoms with Crippen LogP contribution in [0.5, 0.6) is 0 Å². The van der Waals surface area contributed by atoms with Gasteiger partial charge in [-0.1, -0.05) is 12.1 Å². The molecule has 0 atom stereocenters. The predicted molar refractivity (Wildman–Crippen MR) is 72.6 cm³/mol. The van der Waals surface area contributed by atoms with Crippen molar-refractivity contribution in [3.63, 3.8) is 0 Å². The Morgan fingerprint density at radius 2 is 1.94 bits per heavy atom. The number of aliphatic carboxylic acids is 1. The summed E-state index contributed by atoms with van der Waals surface area (Å²) in [7, 11) is 0. The molecule has 1 aromatic rings. The van der Waals surface area contributed by atoms with E-state index in [4.69, 9.17) is 5.11 Å². The number of nitrogens with one attached hydrogen (secondary N) is 1. The molecule has 2 N–H and O–H groups in total. The van der Waals surface area contributed by atoms with Crippen LogP contribution in [0, 0.1) is 0 Å². The number of carbonyl (C=O) groups excluding carboxylic acids is 1. The molecule has 0 fully saturated rings. The van der Waals surface area contributed by atoms with Crippen LogP contribution >= 0.6 is 15.9 Å². The van der Waals surface area contributed by atoms with Gasteiger partial charge in [-0.25, -0.2) is 0 Å². The lowest BCUT2D eigenvalue weighted by Crippen LogP contribution is -2.43. The number of halogens is 1. The molecule has 1 aromatic carbocycles. The van der Waals surface area contributed by atoms with Gasteiger partial charge >= 0.3 is 5.97 Å². The van der Waals surface area contributed by atoms with E-state index >= 15 is 0 Å². The summed E-state index contributed by atoms with van der Waals surface area (Å²) >= 11 is 3.31. The van der Waals surface area contributed by atoms with E-state index < -0.39 is 11.5 Å². The van der Waals surface area contributed by atoms with Crippen molar-refractivity contribution in [2.24, 2.45) is 0 Å². The first kappa shape index (κ1) is 14.7. The highest BCUT2D eigenvalue weighted by atomic mass is 79.9. The van der Waals surface area contributed by atoms with Gasteiger partial charge in [-0.15, -0.1) is 0 Å². The molecule has 0 aliphatic heterocycles. The second-order valence-electron chi connectivity index (χ2n) is 4.71. The van der Waals surface area contributed by atoms with Crippen molar-refractivity contribution >= 4 is 27.8 Å². The quantitative estimate of drug-likeness (QED) is 0.878. The average Bonchev–Trinajstić information content (AvgIpc) is 2.26. The van der Waals surface area contributed by atoms with Crippen molar-refractivity contribution in [1.82, 2.24) is 5.32 Å². The molecule has 0 bridgehead atoms. The number of benzene rings is 1. The minimum atomic E-state index is -0.863. The number of rotatable bonds is 5. The van der Waals surface area contributed by atoms with E-state index in [2.05, 4.69) is 21.2 Å². The minimum absolute atomic E-state index is 0.0310. The second kappa shape index (κ2) is 6.00. The largest absolute Gasteiger partial charge is 0.481 e. The van der Waals surface area contributed by atoms with Crippen molar-refractivity contribution in [2.45, 2.75) is 32.2 Å². The van der Waals surface area contributed by atoms with Crippen molar-refractivity contribution in [3.05, 3.63) is 34.3 Å². The fourth-order valence-electron chi connectivity index (χ4n) is 1.50. The van der Waals surface area contributed by atoms with E-state index in [1.54, 1.807) is 18.2 Å². The first-order chi connectivity index (χ1) is 8.32. The molecule has 0 unspecified atom stereocenters. The molecule has 0 spiro atoms. The van der Waals surface area contributed by atoms with E-state index in [1.807, 2.05) is 19.9 Å². The predicted octanol–water partition coefficient (Wildman–Crippen LogP) is 2.82. The molecule has 0 aliphatic rings. The molecule has 4 nitrogen and oxygen atoms in total. The highest BCUT2D eigenvalue weighted by Crippen LogP contribution is 2.18. The van der Waals surface area contributed by atoms with Gasteiger partial charge < -0.3 is 10.4 Å². The Morgan fingerprint density at radius 1 is 1.33 bits per heavy atom. The zero-order chi connectivity index (χ0) is 13.8. The van der Waals surface area contributed by atoms with Gasteiger partial charge in [-0.2, -0.15) is 0 Å². The number of amides is 1. The van der Waals surface area contributed by atoms with Crippen molar-refractivity contribution in [1.29, 1.82) is 0 Å². The third-order valence-electron chi connectivity index (χ3n) is 2.53. The van der Waals surface area contributed by atoms with Gasteiger partial charge in [-0.05, 0) is 48.3 Å². The van der Waals surface area contributed by atoms with Gasteiger partial charge in [0.25, 0.3) is 5.91 Å². The summed E-state index contributed by atoms with van der Waals surface area (Å²) in [6.45, 7) is 3.62. The molecular weight excluding hydrogens is 298 g/mol. The molecule has 0 heterocycles. The Bertz CT molecular complexity index is 457. The van der Waals surface area contributed by atoms with Gasteiger partial charge in [0.1, 0.15) is 0 Å². The summed E-state index contributed by atoms with van der Waals surface area (Å²) in [5.74, 6) is -1.07. The van der Waals surface area contributed by atoms with Gasteiger partial charge in [-0.3, -0.25) is 9.59 Å². The summed E-state index contributed by atoms with van der Waals surface area (Å²) in [6, 6.07) is 7.12. The highest BCUT2D eigenvalue weighted by molar-refractivity contribution is 9.10. The van der Waals surface area contributed by atoms with Crippen molar-refractivity contribution in [2.75, 3.05) is 0 Å². The normalized spacial score (nSPS) is 11.1. The first-order valence-corrected chi connectivity index (χ1v) is 6.40. The molecule has 0 radical (unpaired) electrons. The number of carboxylic acid groups (broad SMARTS) is 1. The van der Waals surface area contributed by atoms with E-state index in [9.17, 15) is 9.59 Å². The van der Waals surface area contributed by atoms with Gasteiger partial charge in [0.15, 0.2) is 0 Å². The van der Waals surface area contributed by atoms with E-state index in [0.717, 1.165) is 4.47 Å².